The van der Waals surface area contributed by atoms with Gasteiger partial charge in [-0.15, -0.1) is 0 Å². The van der Waals surface area contributed by atoms with Crippen LogP contribution in [-0.4, -0.2) is 46.7 Å². The van der Waals surface area contributed by atoms with Crippen LogP contribution in [0.5, 0.6) is 0 Å². The fourth-order valence-electron chi connectivity index (χ4n) is 1.40. The molecule has 1 aromatic rings. The van der Waals surface area contributed by atoms with Gasteiger partial charge in [0.15, 0.2) is 5.84 Å². The molecule has 18 heavy (non-hydrogen) atoms. The summed E-state index contributed by atoms with van der Waals surface area (Å²) in [5.41, 5.74) is 6.35. The Balaban J connectivity index is 3.00. The number of carbonyl (C=O) groups is 1. The van der Waals surface area contributed by atoms with Crippen LogP contribution in [0.3, 0.4) is 0 Å². The molecule has 1 amide bonds. The quantitative estimate of drug-likeness (QED) is 0.309. The molecule has 1 unspecified atom stereocenters. The van der Waals surface area contributed by atoms with Gasteiger partial charge in [0.25, 0.3) is 5.91 Å². The number of oxime groups is 1. The first-order valence-corrected chi connectivity index (χ1v) is 5.47. The molecule has 1 rings (SSSR count). The number of aliphatic hydroxyl groups excluding tert-OH is 1. The van der Waals surface area contributed by atoms with E-state index in [0.29, 0.717) is 11.1 Å². The highest BCUT2D eigenvalue weighted by atomic mass is 16.4. The monoisotopic (exact) mass is 251 g/mol. The molecule has 0 aromatic heterocycles. The van der Waals surface area contributed by atoms with Crippen molar-refractivity contribution >= 4 is 11.7 Å². The zero-order chi connectivity index (χ0) is 13.7. The molecule has 0 spiro atoms. The summed E-state index contributed by atoms with van der Waals surface area (Å²) < 4.78 is 0. The van der Waals surface area contributed by atoms with Crippen molar-refractivity contribution in [2.24, 2.45) is 10.9 Å². The van der Waals surface area contributed by atoms with Crippen molar-refractivity contribution in [3.8, 4) is 0 Å². The summed E-state index contributed by atoms with van der Waals surface area (Å²) in [6, 6.07) is 6.19. The van der Waals surface area contributed by atoms with Crippen LogP contribution < -0.4 is 5.73 Å². The third-order valence-corrected chi connectivity index (χ3v) is 2.76. The Morgan fingerprint density at radius 3 is 2.67 bits per heavy atom. The van der Waals surface area contributed by atoms with Crippen molar-refractivity contribution in [3.05, 3.63) is 35.4 Å². The molecule has 0 radical (unpaired) electrons. The Bertz CT molecular complexity index is 460. The summed E-state index contributed by atoms with van der Waals surface area (Å²) in [5.74, 6) is -0.286. The zero-order valence-electron chi connectivity index (χ0n) is 10.4. The second-order valence-electron chi connectivity index (χ2n) is 4.01. The third kappa shape index (κ3) is 2.98. The first-order valence-electron chi connectivity index (χ1n) is 5.47. The van der Waals surface area contributed by atoms with E-state index in [1.54, 1.807) is 32.2 Å². The number of rotatable bonds is 4. The summed E-state index contributed by atoms with van der Waals surface area (Å²) in [5, 5.41) is 20.5. The Kier molecular flexibility index (Phi) is 4.67. The van der Waals surface area contributed by atoms with Crippen molar-refractivity contribution < 1.29 is 15.1 Å². The standard InChI is InChI=1S/C12H17N3O3/c1-8(7-16)15(2)12(17)10-5-3-4-9(6-10)11(13)14-18/h3-6,8,16,18H,7H2,1-2H3,(H2,13,14). The van der Waals surface area contributed by atoms with E-state index < -0.39 is 0 Å². The molecule has 0 aliphatic rings. The van der Waals surface area contributed by atoms with Crippen LogP contribution in [-0.2, 0) is 0 Å². The normalized spacial score (nSPS) is 13.2. The molecule has 0 aliphatic heterocycles. The van der Waals surface area contributed by atoms with Gasteiger partial charge in [-0.3, -0.25) is 4.79 Å². The van der Waals surface area contributed by atoms with Crippen LogP contribution in [0.4, 0.5) is 0 Å². The van der Waals surface area contributed by atoms with Crippen LogP contribution in [0.25, 0.3) is 0 Å². The van der Waals surface area contributed by atoms with Crippen molar-refractivity contribution in [1.29, 1.82) is 0 Å². The van der Waals surface area contributed by atoms with Gasteiger partial charge in [0.2, 0.25) is 0 Å². The third-order valence-electron chi connectivity index (χ3n) is 2.76. The van der Waals surface area contributed by atoms with Gasteiger partial charge in [-0.25, -0.2) is 0 Å². The molecule has 0 saturated carbocycles. The molecule has 0 saturated heterocycles. The molecule has 98 valence electrons. The first kappa shape index (κ1) is 14.0. The number of benzene rings is 1. The maximum Gasteiger partial charge on any atom is 0.253 e. The zero-order valence-corrected chi connectivity index (χ0v) is 10.4. The highest BCUT2D eigenvalue weighted by Gasteiger charge is 2.17. The van der Waals surface area contributed by atoms with Crippen molar-refractivity contribution in [1.82, 2.24) is 4.90 Å². The molecule has 4 N–H and O–H groups in total. The van der Waals surface area contributed by atoms with Gasteiger partial charge in [-0.2, -0.15) is 0 Å². The fourth-order valence-corrected chi connectivity index (χ4v) is 1.40. The van der Waals surface area contributed by atoms with E-state index in [4.69, 9.17) is 16.0 Å². The number of carbonyl (C=O) groups excluding carboxylic acids is 1. The highest BCUT2D eigenvalue weighted by Crippen LogP contribution is 2.09. The van der Waals surface area contributed by atoms with E-state index in [0.717, 1.165) is 0 Å². The van der Waals surface area contributed by atoms with Crippen LogP contribution in [0.2, 0.25) is 0 Å². The number of nitrogens with two attached hydrogens (primary N) is 1. The second kappa shape index (κ2) is 6.02. The lowest BCUT2D eigenvalue weighted by Crippen LogP contribution is -2.37. The van der Waals surface area contributed by atoms with Gasteiger partial charge in [-0.05, 0) is 19.1 Å². The van der Waals surface area contributed by atoms with Gasteiger partial charge in [0.05, 0.1) is 12.6 Å². The van der Waals surface area contributed by atoms with Crippen LogP contribution in [0, 0.1) is 0 Å². The summed E-state index contributed by atoms with van der Waals surface area (Å²) in [6.07, 6.45) is 0. The molecular weight excluding hydrogens is 234 g/mol. The molecule has 0 fully saturated rings. The summed E-state index contributed by atoms with van der Waals surface area (Å²) in [7, 11) is 1.61. The van der Waals surface area contributed by atoms with E-state index in [1.807, 2.05) is 0 Å². The Labute approximate surface area is 105 Å². The SMILES string of the molecule is CC(CO)N(C)C(=O)c1cccc(/C(N)=N/O)c1. The number of hydrogen-bond acceptors (Lipinski definition) is 4. The molecule has 6 heteroatoms. The van der Waals surface area contributed by atoms with Crippen LogP contribution >= 0.6 is 0 Å². The van der Waals surface area contributed by atoms with E-state index in [-0.39, 0.29) is 24.4 Å². The highest BCUT2D eigenvalue weighted by molar-refractivity contribution is 6.01. The molecule has 1 aromatic carbocycles. The van der Waals surface area contributed by atoms with Gasteiger partial charge in [0.1, 0.15) is 0 Å². The summed E-state index contributed by atoms with van der Waals surface area (Å²) >= 11 is 0. The van der Waals surface area contributed by atoms with Crippen molar-refractivity contribution in [2.45, 2.75) is 13.0 Å². The number of nitrogens with zero attached hydrogens (tertiary/aromatic N) is 2. The van der Waals surface area contributed by atoms with Gasteiger partial charge < -0.3 is 20.9 Å². The molecule has 0 bridgehead atoms. The Morgan fingerprint density at radius 1 is 1.50 bits per heavy atom. The minimum absolute atomic E-state index is 0.0532. The van der Waals surface area contributed by atoms with Gasteiger partial charge in [-0.1, -0.05) is 17.3 Å². The van der Waals surface area contributed by atoms with E-state index in [9.17, 15) is 4.79 Å². The molecule has 0 aliphatic carbocycles. The smallest absolute Gasteiger partial charge is 0.253 e. The fraction of sp³-hybridized carbons (Fsp3) is 0.333. The molecule has 1 atom stereocenters. The molecular formula is C12H17N3O3. The van der Waals surface area contributed by atoms with Gasteiger partial charge in [0, 0.05) is 18.2 Å². The van der Waals surface area contributed by atoms with Crippen LogP contribution in [0.15, 0.2) is 29.4 Å². The predicted octanol–water partition coefficient (Wildman–Crippen LogP) is 0.234. The average molecular weight is 251 g/mol. The second-order valence-corrected chi connectivity index (χ2v) is 4.01. The Hall–Kier alpha value is -2.08. The minimum atomic E-state index is -0.273. The van der Waals surface area contributed by atoms with Crippen LogP contribution in [0.1, 0.15) is 22.8 Å². The van der Waals surface area contributed by atoms with Crippen molar-refractivity contribution in [2.75, 3.05) is 13.7 Å². The number of hydrogen-bond donors (Lipinski definition) is 3. The number of aliphatic hydroxyl groups is 1. The lowest BCUT2D eigenvalue weighted by Gasteiger charge is -2.23. The van der Waals surface area contributed by atoms with E-state index >= 15 is 0 Å². The van der Waals surface area contributed by atoms with Gasteiger partial charge >= 0.3 is 0 Å². The maximum absolute atomic E-state index is 12.1. The number of amides is 1. The minimum Gasteiger partial charge on any atom is -0.409 e. The average Bonchev–Trinajstić information content (AvgIpc) is 2.43. The van der Waals surface area contributed by atoms with Crippen molar-refractivity contribution in [3.63, 3.8) is 0 Å². The lowest BCUT2D eigenvalue weighted by molar-refractivity contribution is 0.0682. The topological polar surface area (TPSA) is 99.2 Å². The lowest BCUT2D eigenvalue weighted by atomic mass is 10.1. The molecule has 6 nitrogen and oxygen atoms in total. The summed E-state index contributed by atoms with van der Waals surface area (Å²) in [4.78, 5) is 13.5. The Morgan fingerprint density at radius 2 is 2.11 bits per heavy atom. The first-order chi connectivity index (χ1) is 8.51. The maximum atomic E-state index is 12.1. The number of likely N-dealkylation sites (N-methyl/N-ethyl adjacent to an activating group) is 1. The predicted molar refractivity (Wildman–Crippen MR) is 67.6 cm³/mol. The van der Waals surface area contributed by atoms with E-state index in [2.05, 4.69) is 5.16 Å². The largest absolute Gasteiger partial charge is 0.409 e. The summed E-state index contributed by atoms with van der Waals surface area (Å²) in [6.45, 7) is 1.63. The molecule has 0 heterocycles. The van der Waals surface area contributed by atoms with E-state index in [1.165, 1.54) is 11.0 Å². The number of amidine groups is 1.